The highest BCUT2D eigenvalue weighted by atomic mass is 35.5. The molecular formula is C20H18Cl2N2O3S. The summed E-state index contributed by atoms with van der Waals surface area (Å²) >= 11 is 13.4. The number of benzene rings is 1. The van der Waals surface area contributed by atoms with Crippen molar-refractivity contribution in [2.75, 3.05) is 12.5 Å². The van der Waals surface area contributed by atoms with E-state index in [4.69, 9.17) is 27.9 Å². The van der Waals surface area contributed by atoms with Crippen LogP contribution in [0.2, 0.25) is 5.02 Å². The molecule has 2 aromatic heterocycles. The van der Waals surface area contributed by atoms with Gasteiger partial charge in [0, 0.05) is 10.9 Å². The zero-order valence-corrected chi connectivity index (χ0v) is 17.7. The van der Waals surface area contributed by atoms with E-state index in [1.165, 1.54) is 0 Å². The molecule has 0 fully saturated rings. The van der Waals surface area contributed by atoms with Crippen LogP contribution in [0.4, 0.5) is 0 Å². The third-order valence-corrected chi connectivity index (χ3v) is 5.86. The van der Waals surface area contributed by atoms with Crippen LogP contribution >= 0.6 is 34.5 Å². The van der Waals surface area contributed by atoms with Crippen LogP contribution in [0.1, 0.15) is 40.0 Å². The Bertz CT molecular complexity index is 1120. The summed E-state index contributed by atoms with van der Waals surface area (Å²) in [7, 11) is 0. The Hall–Kier alpha value is -2.15. The van der Waals surface area contributed by atoms with Gasteiger partial charge in [0.25, 0.3) is 5.56 Å². The summed E-state index contributed by atoms with van der Waals surface area (Å²) < 4.78 is 5.07. The first kappa shape index (κ1) is 20.6. The third kappa shape index (κ3) is 4.14. The number of hydrogen-bond acceptors (Lipinski definition) is 5. The number of allylic oxidation sites excluding steroid dienone is 1. The number of halogens is 2. The fourth-order valence-corrected chi connectivity index (χ4v) is 4.30. The number of rotatable bonds is 6. The highest BCUT2D eigenvalue weighted by molar-refractivity contribution is 7.20. The molecule has 0 atom stereocenters. The molecule has 1 N–H and O–H groups in total. The minimum atomic E-state index is -0.448. The van der Waals surface area contributed by atoms with E-state index in [0.717, 1.165) is 22.5 Å². The molecule has 28 heavy (non-hydrogen) atoms. The summed E-state index contributed by atoms with van der Waals surface area (Å²) in [6, 6.07) is 7.39. The van der Waals surface area contributed by atoms with Gasteiger partial charge in [-0.15, -0.1) is 22.9 Å². The number of H-pyrrole nitrogens is 1. The predicted octanol–water partition coefficient (Wildman–Crippen LogP) is 5.29. The molecule has 0 aliphatic rings. The molecule has 3 rings (SSSR count). The van der Waals surface area contributed by atoms with Gasteiger partial charge in [0.05, 0.1) is 12.0 Å². The average Bonchev–Trinajstić information content (AvgIpc) is 3.00. The fraction of sp³-hybridized carbons (Fsp3) is 0.250. The maximum atomic E-state index is 12.7. The number of ether oxygens (including phenoxy) is 1. The van der Waals surface area contributed by atoms with Gasteiger partial charge in [0.1, 0.15) is 15.5 Å². The van der Waals surface area contributed by atoms with Gasteiger partial charge in [-0.3, -0.25) is 4.79 Å². The van der Waals surface area contributed by atoms with E-state index >= 15 is 0 Å². The van der Waals surface area contributed by atoms with Crippen LogP contribution in [-0.2, 0) is 4.74 Å². The first-order chi connectivity index (χ1) is 13.5. The summed E-state index contributed by atoms with van der Waals surface area (Å²) in [4.78, 5) is 33.1. The largest absolute Gasteiger partial charge is 0.462 e. The minimum Gasteiger partial charge on any atom is -0.462 e. The van der Waals surface area contributed by atoms with E-state index in [2.05, 4.69) is 9.97 Å². The maximum Gasteiger partial charge on any atom is 0.348 e. The Morgan fingerprint density at radius 3 is 2.79 bits per heavy atom. The van der Waals surface area contributed by atoms with Crippen molar-refractivity contribution in [1.82, 2.24) is 9.97 Å². The van der Waals surface area contributed by atoms with Crippen LogP contribution < -0.4 is 5.56 Å². The van der Waals surface area contributed by atoms with E-state index in [0.29, 0.717) is 43.8 Å². The molecule has 1 aromatic carbocycles. The molecule has 5 nitrogen and oxygen atoms in total. The first-order valence-electron chi connectivity index (χ1n) is 8.68. The molecule has 0 aliphatic carbocycles. The number of aromatic amines is 1. The Balaban J connectivity index is 2.15. The maximum absolute atomic E-state index is 12.7. The molecule has 0 bridgehead atoms. The van der Waals surface area contributed by atoms with E-state index in [1.807, 2.05) is 24.3 Å². The lowest BCUT2D eigenvalue weighted by Crippen LogP contribution is -2.12. The van der Waals surface area contributed by atoms with Crippen LogP contribution in [-0.4, -0.2) is 28.4 Å². The molecule has 146 valence electrons. The summed E-state index contributed by atoms with van der Waals surface area (Å²) in [5.41, 5.74) is 1.84. The van der Waals surface area contributed by atoms with Crippen LogP contribution in [0.15, 0.2) is 29.1 Å². The number of nitrogens with zero attached hydrogens (tertiary/aromatic N) is 1. The molecular weight excluding hydrogens is 419 g/mol. The number of esters is 1. The van der Waals surface area contributed by atoms with Gasteiger partial charge in [0.2, 0.25) is 0 Å². The molecule has 2 heterocycles. The second kappa shape index (κ2) is 8.90. The summed E-state index contributed by atoms with van der Waals surface area (Å²) in [5, 5.41) is 0.995. The number of carbonyl (C=O) groups excluding carboxylic acids is 1. The van der Waals surface area contributed by atoms with Crippen LogP contribution in [0.25, 0.3) is 21.9 Å². The number of aryl methyl sites for hydroxylation is 1. The summed E-state index contributed by atoms with van der Waals surface area (Å²) in [6.45, 7) is 3.73. The second-order valence-electron chi connectivity index (χ2n) is 6.00. The minimum absolute atomic E-state index is 0.266. The van der Waals surface area contributed by atoms with Crippen molar-refractivity contribution < 1.29 is 9.53 Å². The number of thiophene rings is 1. The molecule has 0 saturated heterocycles. The van der Waals surface area contributed by atoms with Crippen molar-refractivity contribution in [3.8, 4) is 0 Å². The monoisotopic (exact) mass is 436 g/mol. The number of carbonyl (C=O) groups is 1. The van der Waals surface area contributed by atoms with Gasteiger partial charge in [-0.05, 0) is 49.1 Å². The first-order valence-corrected chi connectivity index (χ1v) is 10.4. The van der Waals surface area contributed by atoms with Gasteiger partial charge in [-0.1, -0.05) is 29.8 Å². The zero-order valence-electron chi connectivity index (χ0n) is 15.3. The lowest BCUT2D eigenvalue weighted by Gasteiger charge is -2.07. The molecule has 8 heteroatoms. The average molecular weight is 437 g/mol. The normalized spacial score (nSPS) is 11.8. The highest BCUT2D eigenvalue weighted by Gasteiger charge is 2.20. The van der Waals surface area contributed by atoms with Crippen molar-refractivity contribution in [1.29, 1.82) is 0 Å². The van der Waals surface area contributed by atoms with Crippen molar-refractivity contribution in [2.45, 2.75) is 20.3 Å². The fourth-order valence-electron chi connectivity index (χ4n) is 2.83. The molecule has 3 aromatic rings. The predicted molar refractivity (Wildman–Crippen MR) is 116 cm³/mol. The number of alkyl halides is 1. The summed E-state index contributed by atoms with van der Waals surface area (Å²) in [5.74, 6) is 0.321. The van der Waals surface area contributed by atoms with Crippen molar-refractivity contribution >= 4 is 62.4 Å². The topological polar surface area (TPSA) is 72.0 Å². The zero-order chi connectivity index (χ0) is 20.3. The van der Waals surface area contributed by atoms with E-state index < -0.39 is 5.97 Å². The second-order valence-corrected chi connectivity index (χ2v) is 7.79. The van der Waals surface area contributed by atoms with Gasteiger partial charge >= 0.3 is 5.97 Å². The van der Waals surface area contributed by atoms with Gasteiger partial charge in [0.15, 0.2) is 0 Å². The van der Waals surface area contributed by atoms with Crippen molar-refractivity contribution in [3.05, 3.63) is 61.5 Å². The Labute approximate surface area is 176 Å². The number of hydrogen-bond donors (Lipinski definition) is 1. The van der Waals surface area contributed by atoms with E-state index in [9.17, 15) is 9.59 Å². The Morgan fingerprint density at radius 1 is 1.36 bits per heavy atom. The molecule has 0 unspecified atom stereocenters. The number of fused-ring (bicyclic) bond motifs is 1. The Kier molecular flexibility index (Phi) is 6.54. The molecule has 0 aliphatic heterocycles. The smallest absolute Gasteiger partial charge is 0.348 e. The van der Waals surface area contributed by atoms with Crippen molar-refractivity contribution in [2.24, 2.45) is 0 Å². The van der Waals surface area contributed by atoms with Crippen LogP contribution in [0.3, 0.4) is 0 Å². The van der Waals surface area contributed by atoms with Crippen LogP contribution in [0.5, 0.6) is 0 Å². The van der Waals surface area contributed by atoms with E-state index in [-0.39, 0.29) is 12.2 Å². The number of nitrogens with one attached hydrogen (secondary N) is 1. The molecule has 0 amide bonds. The van der Waals surface area contributed by atoms with Gasteiger partial charge in [-0.25, -0.2) is 9.78 Å². The Morgan fingerprint density at radius 2 is 2.11 bits per heavy atom. The third-order valence-electron chi connectivity index (χ3n) is 4.16. The van der Waals surface area contributed by atoms with E-state index in [1.54, 1.807) is 19.9 Å². The lowest BCUT2D eigenvalue weighted by molar-refractivity contribution is 0.0531. The van der Waals surface area contributed by atoms with Crippen molar-refractivity contribution in [3.63, 3.8) is 0 Å². The molecule has 0 radical (unpaired) electrons. The lowest BCUT2D eigenvalue weighted by atomic mass is 10.1. The highest BCUT2D eigenvalue weighted by Crippen LogP contribution is 2.30. The van der Waals surface area contributed by atoms with Gasteiger partial charge < -0.3 is 9.72 Å². The number of aromatic nitrogens is 2. The van der Waals surface area contributed by atoms with Crippen LogP contribution in [0, 0.1) is 6.92 Å². The van der Waals surface area contributed by atoms with Gasteiger partial charge in [-0.2, -0.15) is 0 Å². The molecule has 0 spiro atoms. The SMILES string of the molecule is CCOC(=O)c1sc2nc(C(=Cc3ccccc3Cl)CCCl)[nH]c(=O)c2c1C. The quantitative estimate of drug-likeness (QED) is 0.420. The standard InChI is InChI=1S/C20H18Cl2N2O3S/c1-3-27-20(26)16-11(2)15-18(25)23-17(24-19(15)28-16)13(8-9-21)10-12-6-4-5-7-14(12)22/h4-7,10H,3,8-9H2,1-2H3,(H,23,24,25). The molecule has 0 saturated carbocycles. The summed E-state index contributed by atoms with van der Waals surface area (Å²) in [6.07, 6.45) is 2.36.